The number of amidine groups is 1. The fourth-order valence-electron chi connectivity index (χ4n) is 2.90. The van der Waals surface area contributed by atoms with Gasteiger partial charge in [0.1, 0.15) is 30.4 Å². The quantitative estimate of drug-likeness (QED) is 0.488. The predicted octanol–water partition coefficient (Wildman–Crippen LogP) is -1.57. The number of ether oxygens (including phenoxy) is 1. The SMILES string of the molecule is C[C@@]1(F)[C@H](O)[C@@H](CO)OC1(O)C1=CCC2C(N)=NC=NN12. The Kier molecular flexibility index (Phi) is 3.06. The largest absolute Gasteiger partial charge is 0.394 e. The lowest BCUT2D eigenvalue weighted by molar-refractivity contribution is -0.226. The first kappa shape index (κ1) is 14.4. The van der Waals surface area contributed by atoms with E-state index in [-0.39, 0.29) is 11.5 Å². The summed E-state index contributed by atoms with van der Waals surface area (Å²) in [4.78, 5) is 3.86. The Morgan fingerprint density at radius 3 is 2.95 bits per heavy atom. The van der Waals surface area contributed by atoms with Crippen LogP contribution in [0.2, 0.25) is 0 Å². The van der Waals surface area contributed by atoms with Crippen molar-refractivity contribution in [3.63, 3.8) is 0 Å². The van der Waals surface area contributed by atoms with Crippen molar-refractivity contribution >= 4 is 12.2 Å². The lowest BCUT2D eigenvalue weighted by atomic mass is 9.89. The van der Waals surface area contributed by atoms with Crippen LogP contribution in [0.3, 0.4) is 0 Å². The average Bonchev–Trinajstić information content (AvgIpc) is 2.95. The molecule has 0 radical (unpaired) electrons. The minimum absolute atomic E-state index is 0.0431. The van der Waals surface area contributed by atoms with Gasteiger partial charge < -0.3 is 25.8 Å². The van der Waals surface area contributed by atoms with Gasteiger partial charge in [-0.15, -0.1) is 0 Å². The Morgan fingerprint density at radius 2 is 2.33 bits per heavy atom. The molecule has 0 aromatic heterocycles. The van der Waals surface area contributed by atoms with Crippen molar-refractivity contribution < 1.29 is 24.4 Å². The van der Waals surface area contributed by atoms with Gasteiger partial charge in [-0.3, -0.25) is 5.01 Å². The molecule has 3 aliphatic heterocycles. The number of rotatable bonds is 2. The molecule has 0 bridgehead atoms. The maximum Gasteiger partial charge on any atom is 0.247 e. The van der Waals surface area contributed by atoms with Crippen LogP contribution in [0.4, 0.5) is 4.39 Å². The van der Waals surface area contributed by atoms with Gasteiger partial charge in [0.05, 0.1) is 12.3 Å². The summed E-state index contributed by atoms with van der Waals surface area (Å²) in [5.41, 5.74) is 3.28. The number of hydrazone groups is 1. The molecule has 0 aromatic carbocycles. The van der Waals surface area contributed by atoms with E-state index in [1.807, 2.05) is 0 Å². The number of hydrogen-bond donors (Lipinski definition) is 4. The minimum Gasteiger partial charge on any atom is -0.394 e. The van der Waals surface area contributed by atoms with Gasteiger partial charge in [-0.1, -0.05) is 6.08 Å². The Morgan fingerprint density at radius 1 is 1.62 bits per heavy atom. The summed E-state index contributed by atoms with van der Waals surface area (Å²) >= 11 is 0. The Hall–Kier alpha value is -1.55. The Labute approximate surface area is 120 Å². The van der Waals surface area contributed by atoms with Crippen LogP contribution in [0.25, 0.3) is 0 Å². The molecule has 1 fully saturated rings. The van der Waals surface area contributed by atoms with Gasteiger partial charge >= 0.3 is 0 Å². The van der Waals surface area contributed by atoms with E-state index in [0.717, 1.165) is 6.92 Å². The van der Waals surface area contributed by atoms with Crippen LogP contribution < -0.4 is 5.73 Å². The van der Waals surface area contributed by atoms with Crippen molar-refractivity contribution in [1.29, 1.82) is 0 Å². The molecule has 0 aromatic rings. The molecule has 0 aliphatic carbocycles. The standard InChI is InChI=1S/C12H17FN4O4/c1-11(13)9(19)7(4-18)21-12(11,20)8-3-2-6-10(14)15-5-16-17(6)8/h3,5-7,9,18-20H,2,4H2,1H3,(H2,14,15,16)/t6?,7-,9-,11-,12?/m1/s1. The minimum atomic E-state index is -2.51. The second-order valence-corrected chi connectivity index (χ2v) is 5.47. The summed E-state index contributed by atoms with van der Waals surface area (Å²) in [6.45, 7) is 0.402. The fraction of sp³-hybridized carbons (Fsp3) is 0.667. The third-order valence-corrected chi connectivity index (χ3v) is 4.22. The lowest BCUT2D eigenvalue weighted by Crippen LogP contribution is -2.56. The number of alkyl halides is 1. The summed E-state index contributed by atoms with van der Waals surface area (Å²) in [7, 11) is 0. The molecule has 0 spiro atoms. The monoisotopic (exact) mass is 300 g/mol. The number of nitrogens with zero attached hydrogens (tertiary/aromatic N) is 3. The van der Waals surface area contributed by atoms with E-state index in [1.54, 1.807) is 6.08 Å². The normalized spacial score (nSPS) is 45.6. The van der Waals surface area contributed by atoms with Crippen molar-refractivity contribution in [1.82, 2.24) is 5.01 Å². The number of fused-ring (bicyclic) bond motifs is 1. The van der Waals surface area contributed by atoms with Crippen molar-refractivity contribution in [2.24, 2.45) is 15.8 Å². The molecule has 5 N–H and O–H groups in total. The van der Waals surface area contributed by atoms with E-state index in [0.29, 0.717) is 6.42 Å². The molecular formula is C12H17FN4O4. The second kappa shape index (κ2) is 4.47. The molecule has 116 valence electrons. The number of aliphatic hydroxyl groups is 3. The van der Waals surface area contributed by atoms with Crippen LogP contribution in [-0.2, 0) is 4.74 Å². The first-order valence-corrected chi connectivity index (χ1v) is 6.56. The van der Waals surface area contributed by atoms with E-state index in [2.05, 4.69) is 10.1 Å². The van der Waals surface area contributed by atoms with Gasteiger partial charge in [0, 0.05) is 0 Å². The lowest BCUT2D eigenvalue weighted by Gasteiger charge is -2.38. The predicted molar refractivity (Wildman–Crippen MR) is 70.9 cm³/mol. The fourth-order valence-corrected chi connectivity index (χ4v) is 2.90. The van der Waals surface area contributed by atoms with E-state index < -0.39 is 36.3 Å². The van der Waals surface area contributed by atoms with Crippen LogP contribution in [0, 0.1) is 0 Å². The zero-order chi connectivity index (χ0) is 15.4. The molecule has 8 nitrogen and oxygen atoms in total. The molecule has 0 saturated carbocycles. The van der Waals surface area contributed by atoms with Crippen molar-refractivity contribution in [2.75, 3.05) is 6.61 Å². The van der Waals surface area contributed by atoms with E-state index in [9.17, 15) is 14.6 Å². The Bertz CT molecular complexity index is 549. The molecule has 21 heavy (non-hydrogen) atoms. The number of aliphatic imine (C=N–C) groups is 1. The molecule has 3 heterocycles. The molecule has 1 saturated heterocycles. The van der Waals surface area contributed by atoms with Crippen LogP contribution in [0.1, 0.15) is 13.3 Å². The zero-order valence-electron chi connectivity index (χ0n) is 11.3. The van der Waals surface area contributed by atoms with Crippen molar-refractivity contribution in [2.45, 2.75) is 43.1 Å². The first-order valence-electron chi connectivity index (χ1n) is 6.56. The first-order chi connectivity index (χ1) is 9.83. The highest BCUT2D eigenvalue weighted by molar-refractivity contribution is 5.93. The molecular weight excluding hydrogens is 283 g/mol. The van der Waals surface area contributed by atoms with Gasteiger partial charge in [-0.25, -0.2) is 9.38 Å². The van der Waals surface area contributed by atoms with Crippen molar-refractivity contribution in [3.8, 4) is 0 Å². The third-order valence-electron chi connectivity index (χ3n) is 4.22. The third kappa shape index (κ3) is 1.75. The number of halogens is 1. The smallest absolute Gasteiger partial charge is 0.247 e. The van der Waals surface area contributed by atoms with Gasteiger partial charge in [0.15, 0.2) is 5.67 Å². The maximum absolute atomic E-state index is 14.9. The summed E-state index contributed by atoms with van der Waals surface area (Å²) in [5, 5.41) is 35.0. The molecule has 0 amide bonds. The molecule has 9 heteroatoms. The highest BCUT2D eigenvalue weighted by atomic mass is 19.1. The molecule has 3 rings (SSSR count). The van der Waals surface area contributed by atoms with Gasteiger partial charge in [0.25, 0.3) is 0 Å². The maximum atomic E-state index is 14.9. The average molecular weight is 300 g/mol. The summed E-state index contributed by atoms with van der Waals surface area (Å²) in [6.07, 6.45) is 0.208. The highest BCUT2D eigenvalue weighted by Gasteiger charge is 2.67. The summed E-state index contributed by atoms with van der Waals surface area (Å²) < 4.78 is 20.1. The molecule has 2 unspecified atom stereocenters. The Balaban J connectivity index is 1.97. The van der Waals surface area contributed by atoms with Gasteiger partial charge in [-0.2, -0.15) is 5.10 Å². The molecule has 5 atom stereocenters. The van der Waals surface area contributed by atoms with E-state index >= 15 is 0 Å². The number of hydrogen-bond acceptors (Lipinski definition) is 8. The van der Waals surface area contributed by atoms with E-state index in [1.165, 1.54) is 11.3 Å². The number of aliphatic hydroxyl groups excluding tert-OH is 2. The van der Waals surface area contributed by atoms with Crippen LogP contribution in [0.5, 0.6) is 0 Å². The van der Waals surface area contributed by atoms with Crippen LogP contribution >= 0.6 is 0 Å². The summed E-state index contributed by atoms with van der Waals surface area (Å²) in [6, 6.07) is -0.418. The van der Waals surface area contributed by atoms with Crippen LogP contribution in [-0.4, -0.2) is 68.8 Å². The summed E-state index contributed by atoms with van der Waals surface area (Å²) in [5.74, 6) is -2.14. The molecule has 3 aliphatic rings. The van der Waals surface area contributed by atoms with Crippen molar-refractivity contribution in [3.05, 3.63) is 11.8 Å². The zero-order valence-corrected chi connectivity index (χ0v) is 11.3. The topological polar surface area (TPSA) is 124 Å². The van der Waals surface area contributed by atoms with E-state index in [4.69, 9.17) is 15.6 Å². The van der Waals surface area contributed by atoms with Gasteiger partial charge in [0.2, 0.25) is 5.79 Å². The number of nitrogens with two attached hydrogens (primary N) is 1. The van der Waals surface area contributed by atoms with Gasteiger partial charge in [-0.05, 0) is 13.3 Å². The van der Waals surface area contributed by atoms with Crippen LogP contribution in [0.15, 0.2) is 21.9 Å². The second-order valence-electron chi connectivity index (χ2n) is 5.47. The highest BCUT2D eigenvalue weighted by Crippen LogP contribution is 2.48.